The fourth-order valence-electron chi connectivity index (χ4n) is 1.85. The highest BCUT2D eigenvalue weighted by Crippen LogP contribution is 2.19. The number of halogens is 1. The van der Waals surface area contributed by atoms with Crippen molar-refractivity contribution in [1.82, 2.24) is 0 Å². The monoisotopic (exact) mass is 396 g/mol. The summed E-state index contributed by atoms with van der Waals surface area (Å²) in [5, 5.41) is 5.64. The molecule has 0 heterocycles. The van der Waals surface area contributed by atoms with Gasteiger partial charge in [0.15, 0.2) is 0 Å². The largest absolute Gasteiger partial charge is 0.494 e. The summed E-state index contributed by atoms with van der Waals surface area (Å²) in [6.45, 7) is 4.52. The normalized spacial score (nSPS) is 10.0. The Labute approximate surface area is 138 Å². The molecule has 0 aromatic heterocycles. The highest BCUT2D eigenvalue weighted by molar-refractivity contribution is 14.1. The van der Waals surface area contributed by atoms with Crippen molar-refractivity contribution >= 4 is 40.0 Å². The number of anilines is 2. The van der Waals surface area contributed by atoms with Crippen LogP contribution in [0.2, 0.25) is 0 Å². The lowest BCUT2D eigenvalue weighted by molar-refractivity contribution is 0.262. The van der Waals surface area contributed by atoms with Gasteiger partial charge in [-0.25, -0.2) is 4.79 Å². The van der Waals surface area contributed by atoms with Crippen molar-refractivity contribution < 1.29 is 9.53 Å². The molecule has 0 atom stereocenters. The first-order valence-electron chi connectivity index (χ1n) is 6.65. The Hall–Kier alpha value is -1.76. The third-order valence-electron chi connectivity index (χ3n) is 2.86. The predicted octanol–water partition coefficient (Wildman–Crippen LogP) is 4.64. The highest BCUT2D eigenvalue weighted by atomic mass is 127. The molecule has 2 aromatic rings. The van der Waals surface area contributed by atoms with E-state index < -0.39 is 0 Å². The SMILES string of the molecule is CCOc1ccc(NC(=O)Nc2ccc(I)cc2C)cc1. The standard InChI is InChI=1S/C16H17IN2O2/c1-3-21-14-7-5-13(6-8-14)18-16(20)19-15-9-4-12(17)10-11(15)2/h4-10H,3H2,1-2H3,(H2,18,19,20). The lowest BCUT2D eigenvalue weighted by Gasteiger charge is -2.10. The van der Waals surface area contributed by atoms with Gasteiger partial charge in [-0.15, -0.1) is 0 Å². The van der Waals surface area contributed by atoms with Crippen LogP contribution in [-0.4, -0.2) is 12.6 Å². The van der Waals surface area contributed by atoms with E-state index in [2.05, 4.69) is 33.2 Å². The zero-order valence-electron chi connectivity index (χ0n) is 11.9. The van der Waals surface area contributed by atoms with Crippen molar-refractivity contribution in [2.75, 3.05) is 17.2 Å². The Balaban J connectivity index is 1.98. The van der Waals surface area contributed by atoms with Gasteiger partial charge >= 0.3 is 6.03 Å². The number of benzene rings is 2. The Morgan fingerprint density at radius 3 is 2.48 bits per heavy atom. The first-order chi connectivity index (χ1) is 10.1. The van der Waals surface area contributed by atoms with E-state index in [1.165, 1.54) is 0 Å². The van der Waals surface area contributed by atoms with Crippen molar-refractivity contribution in [2.45, 2.75) is 13.8 Å². The van der Waals surface area contributed by atoms with Gasteiger partial charge in [-0.05, 0) is 84.5 Å². The molecule has 0 bridgehead atoms. The van der Waals surface area contributed by atoms with Crippen molar-refractivity contribution in [3.8, 4) is 5.75 Å². The molecule has 0 aliphatic heterocycles. The Morgan fingerprint density at radius 2 is 1.86 bits per heavy atom. The van der Waals surface area contributed by atoms with E-state index in [1.807, 2.05) is 56.3 Å². The number of nitrogens with one attached hydrogen (secondary N) is 2. The number of carbonyl (C=O) groups excluding carboxylic acids is 1. The second-order valence-electron chi connectivity index (χ2n) is 4.50. The summed E-state index contributed by atoms with van der Waals surface area (Å²) in [6.07, 6.45) is 0. The van der Waals surface area contributed by atoms with Crippen LogP contribution in [0.3, 0.4) is 0 Å². The average Bonchev–Trinajstić information content (AvgIpc) is 2.44. The van der Waals surface area contributed by atoms with E-state index in [-0.39, 0.29) is 6.03 Å². The van der Waals surface area contributed by atoms with Gasteiger partial charge in [0, 0.05) is 14.9 Å². The van der Waals surface area contributed by atoms with Crippen LogP contribution >= 0.6 is 22.6 Å². The number of amides is 2. The summed E-state index contributed by atoms with van der Waals surface area (Å²) in [5.74, 6) is 0.789. The Bertz CT molecular complexity index is 627. The molecule has 0 unspecified atom stereocenters. The molecule has 2 N–H and O–H groups in total. The average molecular weight is 396 g/mol. The zero-order valence-corrected chi connectivity index (χ0v) is 14.1. The number of aryl methyl sites for hydroxylation is 1. The van der Waals surface area contributed by atoms with Crippen LogP contribution in [-0.2, 0) is 0 Å². The minimum absolute atomic E-state index is 0.261. The van der Waals surface area contributed by atoms with Crippen molar-refractivity contribution in [2.24, 2.45) is 0 Å². The Kier molecular flexibility index (Phi) is 5.44. The van der Waals surface area contributed by atoms with Crippen molar-refractivity contribution in [3.63, 3.8) is 0 Å². The fourth-order valence-corrected chi connectivity index (χ4v) is 2.50. The minimum atomic E-state index is -0.261. The van der Waals surface area contributed by atoms with Crippen LogP contribution in [0.4, 0.5) is 16.2 Å². The Morgan fingerprint density at radius 1 is 1.14 bits per heavy atom. The molecule has 2 aromatic carbocycles. The van der Waals surface area contributed by atoms with Crippen LogP contribution in [0.15, 0.2) is 42.5 Å². The number of carbonyl (C=O) groups is 1. The molecule has 0 aliphatic carbocycles. The zero-order chi connectivity index (χ0) is 15.2. The molecule has 21 heavy (non-hydrogen) atoms. The first-order valence-corrected chi connectivity index (χ1v) is 7.73. The molecule has 0 aliphatic rings. The molecule has 2 amide bonds. The molecule has 0 saturated heterocycles. The van der Waals surface area contributed by atoms with E-state index in [4.69, 9.17) is 4.74 Å². The van der Waals surface area contributed by atoms with Gasteiger partial charge in [-0.2, -0.15) is 0 Å². The number of hydrogen-bond donors (Lipinski definition) is 2. The highest BCUT2D eigenvalue weighted by Gasteiger charge is 2.05. The van der Waals surface area contributed by atoms with Crippen LogP contribution < -0.4 is 15.4 Å². The molecule has 0 saturated carbocycles. The molecule has 5 heteroatoms. The van der Waals surface area contributed by atoms with Crippen LogP contribution in [0.25, 0.3) is 0 Å². The second kappa shape index (κ2) is 7.31. The molecule has 4 nitrogen and oxygen atoms in total. The van der Waals surface area contributed by atoms with Crippen molar-refractivity contribution in [3.05, 3.63) is 51.6 Å². The summed E-state index contributed by atoms with van der Waals surface area (Å²) < 4.78 is 6.50. The number of rotatable bonds is 4. The van der Waals surface area contributed by atoms with Gasteiger partial charge in [0.05, 0.1) is 6.61 Å². The summed E-state index contributed by atoms with van der Waals surface area (Å²) in [4.78, 5) is 12.0. The molecule has 0 radical (unpaired) electrons. The van der Waals surface area contributed by atoms with E-state index in [0.29, 0.717) is 6.61 Å². The van der Waals surface area contributed by atoms with E-state index in [9.17, 15) is 4.79 Å². The maximum atomic E-state index is 12.0. The first kappa shape index (κ1) is 15.6. The number of ether oxygens (including phenoxy) is 1. The summed E-state index contributed by atoms with van der Waals surface area (Å²) in [6, 6.07) is 12.9. The molecule has 0 spiro atoms. The molecular weight excluding hydrogens is 379 g/mol. The number of urea groups is 1. The fraction of sp³-hybridized carbons (Fsp3) is 0.188. The second-order valence-corrected chi connectivity index (χ2v) is 5.74. The molecule has 2 rings (SSSR count). The maximum Gasteiger partial charge on any atom is 0.323 e. The number of hydrogen-bond acceptors (Lipinski definition) is 2. The van der Waals surface area contributed by atoms with Gasteiger partial charge < -0.3 is 15.4 Å². The third-order valence-corrected chi connectivity index (χ3v) is 3.53. The summed E-state index contributed by atoms with van der Waals surface area (Å²) in [5.41, 5.74) is 2.56. The molecule has 110 valence electrons. The van der Waals surface area contributed by atoms with Crippen LogP contribution in [0.1, 0.15) is 12.5 Å². The van der Waals surface area contributed by atoms with E-state index in [1.54, 1.807) is 0 Å². The van der Waals surface area contributed by atoms with Gasteiger partial charge in [-0.3, -0.25) is 0 Å². The quantitative estimate of drug-likeness (QED) is 0.740. The summed E-state index contributed by atoms with van der Waals surface area (Å²) in [7, 11) is 0. The van der Waals surface area contributed by atoms with Gasteiger partial charge in [0.2, 0.25) is 0 Å². The molecule has 0 fully saturated rings. The van der Waals surface area contributed by atoms with Gasteiger partial charge in [0.1, 0.15) is 5.75 Å². The van der Waals surface area contributed by atoms with Crippen LogP contribution in [0.5, 0.6) is 5.75 Å². The topological polar surface area (TPSA) is 50.4 Å². The van der Waals surface area contributed by atoms with Gasteiger partial charge in [-0.1, -0.05) is 0 Å². The van der Waals surface area contributed by atoms with Gasteiger partial charge in [0.25, 0.3) is 0 Å². The van der Waals surface area contributed by atoms with Crippen molar-refractivity contribution in [1.29, 1.82) is 0 Å². The van der Waals surface area contributed by atoms with E-state index in [0.717, 1.165) is 26.3 Å². The lowest BCUT2D eigenvalue weighted by Crippen LogP contribution is -2.19. The molecular formula is C16H17IN2O2. The summed E-state index contributed by atoms with van der Waals surface area (Å²) >= 11 is 2.24. The lowest BCUT2D eigenvalue weighted by atomic mass is 10.2. The minimum Gasteiger partial charge on any atom is -0.494 e. The van der Waals surface area contributed by atoms with E-state index >= 15 is 0 Å². The predicted molar refractivity (Wildman–Crippen MR) is 94.1 cm³/mol. The smallest absolute Gasteiger partial charge is 0.323 e. The maximum absolute atomic E-state index is 12.0. The van der Waals surface area contributed by atoms with Crippen LogP contribution in [0, 0.1) is 10.5 Å². The third kappa shape index (κ3) is 4.63.